The van der Waals surface area contributed by atoms with Crippen molar-refractivity contribution in [3.8, 4) is 0 Å². The van der Waals surface area contributed by atoms with Crippen molar-refractivity contribution >= 4 is 23.4 Å². The predicted octanol–water partition coefficient (Wildman–Crippen LogP) is 4.91. The lowest BCUT2D eigenvalue weighted by Gasteiger charge is -2.31. The highest BCUT2D eigenvalue weighted by atomic mass is 35.5. The van der Waals surface area contributed by atoms with Crippen LogP contribution in [-0.2, 0) is 22.6 Å². The van der Waals surface area contributed by atoms with Crippen LogP contribution in [0.3, 0.4) is 0 Å². The number of halogens is 1. The second-order valence-electron chi connectivity index (χ2n) is 7.28. The van der Waals surface area contributed by atoms with Crippen LogP contribution < -0.4 is 5.32 Å². The number of nitrogens with one attached hydrogen (secondary N) is 1. The summed E-state index contributed by atoms with van der Waals surface area (Å²) in [4.78, 5) is 27.9. The van der Waals surface area contributed by atoms with Crippen molar-refractivity contribution in [2.24, 2.45) is 0 Å². The summed E-state index contributed by atoms with van der Waals surface area (Å²) in [5, 5.41) is 3.55. The number of nitrogens with zero attached hydrogens (tertiary/aromatic N) is 1. The first kappa shape index (κ1) is 23.0. The first-order valence-electron chi connectivity index (χ1n) is 10.3. The molecule has 0 saturated carbocycles. The Bertz CT molecular complexity index is 822. The van der Waals surface area contributed by atoms with Gasteiger partial charge in [0.1, 0.15) is 6.04 Å². The molecular weight excluding hydrogens is 384 g/mol. The monoisotopic (exact) mass is 414 g/mol. The highest BCUT2D eigenvalue weighted by molar-refractivity contribution is 6.31. The zero-order valence-electron chi connectivity index (χ0n) is 17.6. The van der Waals surface area contributed by atoms with E-state index >= 15 is 0 Å². The Labute approximate surface area is 179 Å². The molecule has 0 fully saturated rings. The third-order valence-corrected chi connectivity index (χ3v) is 5.49. The Morgan fingerprint density at radius 1 is 1.03 bits per heavy atom. The zero-order chi connectivity index (χ0) is 21.2. The van der Waals surface area contributed by atoms with Gasteiger partial charge in [0.25, 0.3) is 0 Å². The maximum atomic E-state index is 13.3. The maximum Gasteiger partial charge on any atom is 0.242 e. The van der Waals surface area contributed by atoms with E-state index in [-0.39, 0.29) is 18.2 Å². The van der Waals surface area contributed by atoms with Gasteiger partial charge in [-0.1, -0.05) is 74.3 Å². The SMILES string of the molecule is CCCCNC(=O)C(CC)N(Cc1ccccc1C)C(=O)Cc1ccccc1Cl. The van der Waals surface area contributed by atoms with Crippen molar-refractivity contribution in [1.29, 1.82) is 0 Å². The molecule has 0 spiro atoms. The van der Waals surface area contributed by atoms with Crippen molar-refractivity contribution in [2.75, 3.05) is 6.54 Å². The summed E-state index contributed by atoms with van der Waals surface area (Å²) in [6.07, 6.45) is 2.66. The summed E-state index contributed by atoms with van der Waals surface area (Å²) in [5.41, 5.74) is 2.92. The van der Waals surface area contributed by atoms with Gasteiger partial charge in [-0.15, -0.1) is 0 Å². The number of hydrogen-bond donors (Lipinski definition) is 1. The van der Waals surface area contributed by atoms with E-state index in [1.165, 1.54) is 0 Å². The third-order valence-electron chi connectivity index (χ3n) is 5.12. The van der Waals surface area contributed by atoms with E-state index in [1.54, 1.807) is 11.0 Å². The first-order valence-corrected chi connectivity index (χ1v) is 10.7. The van der Waals surface area contributed by atoms with Gasteiger partial charge in [0, 0.05) is 18.1 Å². The molecule has 156 valence electrons. The van der Waals surface area contributed by atoms with E-state index in [4.69, 9.17) is 11.6 Å². The fraction of sp³-hybridized carbons (Fsp3) is 0.417. The number of aryl methyl sites for hydroxylation is 1. The minimum Gasteiger partial charge on any atom is -0.354 e. The second-order valence-corrected chi connectivity index (χ2v) is 7.69. The van der Waals surface area contributed by atoms with Gasteiger partial charge in [-0.3, -0.25) is 9.59 Å². The van der Waals surface area contributed by atoms with Crippen LogP contribution in [0.15, 0.2) is 48.5 Å². The third kappa shape index (κ3) is 6.60. The second kappa shape index (κ2) is 11.6. The number of carbonyl (C=O) groups excluding carboxylic acids is 2. The van der Waals surface area contributed by atoms with Gasteiger partial charge in [-0.05, 0) is 42.5 Å². The average molecular weight is 415 g/mol. The van der Waals surface area contributed by atoms with Gasteiger partial charge in [0.15, 0.2) is 0 Å². The van der Waals surface area contributed by atoms with Crippen LogP contribution in [0.25, 0.3) is 0 Å². The van der Waals surface area contributed by atoms with Crippen LogP contribution in [0.1, 0.15) is 49.8 Å². The molecule has 0 aliphatic carbocycles. The molecule has 0 heterocycles. The molecule has 1 N–H and O–H groups in total. The number of rotatable bonds is 10. The molecule has 0 aliphatic rings. The fourth-order valence-electron chi connectivity index (χ4n) is 3.30. The van der Waals surface area contributed by atoms with Crippen molar-refractivity contribution in [2.45, 2.75) is 59.0 Å². The number of unbranched alkanes of at least 4 members (excludes halogenated alkanes) is 1. The van der Waals surface area contributed by atoms with Gasteiger partial charge in [-0.2, -0.15) is 0 Å². The summed E-state index contributed by atoms with van der Waals surface area (Å²) < 4.78 is 0. The normalized spacial score (nSPS) is 11.7. The Balaban J connectivity index is 2.28. The van der Waals surface area contributed by atoms with Crippen LogP contribution in [0.2, 0.25) is 5.02 Å². The molecule has 1 atom stereocenters. The van der Waals surface area contributed by atoms with E-state index in [9.17, 15) is 9.59 Å². The Hall–Kier alpha value is -2.33. The van der Waals surface area contributed by atoms with Gasteiger partial charge in [-0.25, -0.2) is 0 Å². The molecule has 29 heavy (non-hydrogen) atoms. The van der Waals surface area contributed by atoms with E-state index < -0.39 is 6.04 Å². The number of hydrogen-bond acceptors (Lipinski definition) is 2. The molecule has 2 aromatic carbocycles. The smallest absolute Gasteiger partial charge is 0.242 e. The number of amides is 2. The Morgan fingerprint density at radius 2 is 1.69 bits per heavy atom. The van der Waals surface area contributed by atoms with Gasteiger partial charge < -0.3 is 10.2 Å². The highest BCUT2D eigenvalue weighted by Gasteiger charge is 2.29. The zero-order valence-corrected chi connectivity index (χ0v) is 18.3. The predicted molar refractivity (Wildman–Crippen MR) is 119 cm³/mol. The summed E-state index contributed by atoms with van der Waals surface area (Å²) in [6.45, 7) is 7.07. The van der Waals surface area contributed by atoms with Gasteiger partial charge in [0.2, 0.25) is 11.8 Å². The van der Waals surface area contributed by atoms with E-state index in [1.807, 2.05) is 56.3 Å². The highest BCUT2D eigenvalue weighted by Crippen LogP contribution is 2.20. The quantitative estimate of drug-likeness (QED) is 0.561. The molecule has 2 amide bonds. The molecule has 0 bridgehead atoms. The lowest BCUT2D eigenvalue weighted by atomic mass is 10.0. The molecule has 2 aromatic rings. The molecule has 0 saturated heterocycles. The summed E-state index contributed by atoms with van der Waals surface area (Å²) >= 11 is 6.27. The summed E-state index contributed by atoms with van der Waals surface area (Å²) in [7, 11) is 0. The number of carbonyl (C=O) groups is 2. The lowest BCUT2D eigenvalue weighted by Crippen LogP contribution is -2.49. The first-order chi connectivity index (χ1) is 14.0. The maximum absolute atomic E-state index is 13.3. The summed E-state index contributed by atoms with van der Waals surface area (Å²) in [5.74, 6) is -0.194. The molecule has 5 heteroatoms. The van der Waals surface area contributed by atoms with E-state index in [2.05, 4.69) is 12.2 Å². The largest absolute Gasteiger partial charge is 0.354 e. The molecule has 2 rings (SSSR count). The standard InChI is InChI=1S/C24H31ClN2O2/c1-4-6-15-26-24(29)22(5-2)27(17-20-13-8-7-11-18(20)3)23(28)16-19-12-9-10-14-21(19)25/h7-14,22H,4-6,15-17H2,1-3H3,(H,26,29). The van der Waals surface area contributed by atoms with Crippen molar-refractivity contribution in [3.05, 3.63) is 70.2 Å². The average Bonchev–Trinajstić information content (AvgIpc) is 2.71. The van der Waals surface area contributed by atoms with Gasteiger partial charge >= 0.3 is 0 Å². The summed E-state index contributed by atoms with van der Waals surface area (Å²) in [6, 6.07) is 14.8. The van der Waals surface area contributed by atoms with Gasteiger partial charge in [0.05, 0.1) is 6.42 Å². The fourth-order valence-corrected chi connectivity index (χ4v) is 3.51. The minimum absolute atomic E-state index is 0.0953. The van der Waals surface area contributed by atoms with Crippen molar-refractivity contribution in [1.82, 2.24) is 10.2 Å². The minimum atomic E-state index is -0.513. The van der Waals surface area contributed by atoms with Crippen molar-refractivity contribution < 1.29 is 9.59 Å². The van der Waals surface area contributed by atoms with Crippen LogP contribution >= 0.6 is 11.6 Å². The molecule has 0 radical (unpaired) electrons. The Morgan fingerprint density at radius 3 is 2.31 bits per heavy atom. The lowest BCUT2D eigenvalue weighted by molar-refractivity contribution is -0.140. The molecule has 4 nitrogen and oxygen atoms in total. The number of benzene rings is 2. The molecule has 0 aliphatic heterocycles. The van der Waals surface area contributed by atoms with Crippen LogP contribution in [-0.4, -0.2) is 29.3 Å². The van der Waals surface area contributed by atoms with E-state index in [0.29, 0.717) is 24.5 Å². The Kier molecular flexibility index (Phi) is 9.20. The topological polar surface area (TPSA) is 49.4 Å². The molecular formula is C24H31ClN2O2. The van der Waals surface area contributed by atoms with Crippen LogP contribution in [0.4, 0.5) is 0 Å². The molecule has 0 aromatic heterocycles. The molecule has 1 unspecified atom stereocenters. The van der Waals surface area contributed by atoms with Crippen LogP contribution in [0.5, 0.6) is 0 Å². The van der Waals surface area contributed by atoms with E-state index in [0.717, 1.165) is 29.5 Å². The van der Waals surface area contributed by atoms with Crippen LogP contribution in [0, 0.1) is 6.92 Å². The van der Waals surface area contributed by atoms with Crippen molar-refractivity contribution in [3.63, 3.8) is 0 Å².